The second kappa shape index (κ2) is 15.6. The predicted molar refractivity (Wildman–Crippen MR) is 148 cm³/mol. The fourth-order valence-electron chi connectivity index (χ4n) is 3.36. The highest BCUT2D eigenvalue weighted by Gasteiger charge is 2.10. The van der Waals surface area contributed by atoms with Crippen LogP contribution in [0.2, 0.25) is 0 Å². The predicted octanol–water partition coefficient (Wildman–Crippen LogP) is 3.75. The number of rotatable bonds is 14. The molecule has 39 heavy (non-hydrogen) atoms. The first-order valence-electron chi connectivity index (χ1n) is 12.4. The summed E-state index contributed by atoms with van der Waals surface area (Å²) < 4.78 is 5.25. The first kappa shape index (κ1) is 29.0. The molecule has 2 amide bonds. The fourth-order valence-corrected chi connectivity index (χ4v) is 4.16. The van der Waals surface area contributed by atoms with E-state index in [0.717, 1.165) is 36.4 Å². The topological polar surface area (TPSA) is 136 Å². The third-order valence-electron chi connectivity index (χ3n) is 5.24. The van der Waals surface area contributed by atoms with Gasteiger partial charge in [0.2, 0.25) is 16.9 Å². The summed E-state index contributed by atoms with van der Waals surface area (Å²) in [6, 6.07) is 10.3. The normalized spacial score (nSPS) is 10.2. The Balaban J connectivity index is 1.38. The largest absolute Gasteiger partial charge is 0.426 e. The summed E-state index contributed by atoms with van der Waals surface area (Å²) in [6.45, 7) is 0. The molecule has 0 saturated carbocycles. The van der Waals surface area contributed by atoms with Gasteiger partial charge in [0, 0.05) is 25.7 Å². The van der Waals surface area contributed by atoms with Gasteiger partial charge < -0.3 is 15.4 Å². The van der Waals surface area contributed by atoms with E-state index >= 15 is 0 Å². The molecule has 0 radical (unpaired) electrons. The van der Waals surface area contributed by atoms with Gasteiger partial charge in [-0.05, 0) is 49.1 Å². The molecule has 0 aliphatic rings. The molecule has 0 spiro atoms. The summed E-state index contributed by atoms with van der Waals surface area (Å²) in [5.74, 6) is 4.68. The number of benzene rings is 1. The number of carbonyl (C=O) groups is 3. The highest BCUT2D eigenvalue weighted by Crippen LogP contribution is 2.18. The van der Waals surface area contributed by atoms with Gasteiger partial charge in [0.15, 0.2) is 5.82 Å². The van der Waals surface area contributed by atoms with Gasteiger partial charge in [-0.3, -0.25) is 14.4 Å². The van der Waals surface area contributed by atoms with E-state index in [9.17, 15) is 14.4 Å². The average molecular weight is 545 g/mol. The molecule has 0 fully saturated rings. The lowest BCUT2D eigenvalue weighted by atomic mass is 10.1. The summed E-state index contributed by atoms with van der Waals surface area (Å²) in [6.07, 6.45) is 14.7. The molecule has 0 aliphatic heterocycles. The van der Waals surface area contributed by atoms with Crippen LogP contribution in [0, 0.1) is 24.7 Å². The Morgan fingerprint density at radius 1 is 0.872 bits per heavy atom. The van der Waals surface area contributed by atoms with Crippen LogP contribution >= 0.6 is 11.3 Å². The number of unbranched alkanes of at least 4 members (excludes halogenated alkanes) is 1. The van der Waals surface area contributed by atoms with E-state index in [1.54, 1.807) is 30.3 Å². The van der Waals surface area contributed by atoms with Gasteiger partial charge in [-0.15, -0.1) is 40.0 Å². The Hall–Kier alpha value is -4.61. The molecule has 0 saturated heterocycles. The van der Waals surface area contributed by atoms with Crippen LogP contribution in [0.15, 0.2) is 36.4 Å². The molecule has 0 atom stereocenters. The monoisotopic (exact) mass is 544 g/mol. The smallest absolute Gasteiger partial charge is 0.312 e. The number of hydrogen-bond donors (Lipinski definition) is 2. The molecule has 0 bridgehead atoms. The van der Waals surface area contributed by atoms with E-state index < -0.39 is 5.97 Å². The minimum absolute atomic E-state index is 0.0844. The van der Waals surface area contributed by atoms with Crippen molar-refractivity contribution in [3.63, 3.8) is 0 Å². The van der Waals surface area contributed by atoms with Crippen molar-refractivity contribution in [2.24, 2.45) is 0 Å². The van der Waals surface area contributed by atoms with Crippen LogP contribution < -0.4 is 15.4 Å². The number of amides is 2. The molecular weight excluding hydrogens is 516 g/mol. The van der Waals surface area contributed by atoms with Crippen molar-refractivity contribution >= 4 is 40.1 Å². The molecule has 2 heterocycles. The first-order valence-corrected chi connectivity index (χ1v) is 13.2. The lowest BCUT2D eigenvalue weighted by Gasteiger charge is -2.07. The number of aromatic nitrogens is 4. The van der Waals surface area contributed by atoms with Gasteiger partial charge in [0.05, 0.1) is 18.5 Å². The van der Waals surface area contributed by atoms with Crippen molar-refractivity contribution in [3.05, 3.63) is 52.7 Å². The van der Waals surface area contributed by atoms with Crippen LogP contribution in [0.3, 0.4) is 0 Å². The van der Waals surface area contributed by atoms with E-state index in [1.165, 1.54) is 11.3 Å². The number of carbonyl (C=O) groups excluding carboxylic acids is 3. The summed E-state index contributed by atoms with van der Waals surface area (Å²) >= 11 is 1.35. The van der Waals surface area contributed by atoms with E-state index in [0.29, 0.717) is 35.1 Å². The summed E-state index contributed by atoms with van der Waals surface area (Å²) in [7, 11) is 0. The maximum atomic E-state index is 12.4. The summed E-state index contributed by atoms with van der Waals surface area (Å²) in [5.41, 5.74) is 1.50. The SMILES string of the molecule is C#CCCC(=O)Nc1nnc(CCCCc2ccc(NC(=O)Cc3cccc(OC(=O)CCC#C)c3)nn2)s1. The Morgan fingerprint density at radius 3 is 2.44 bits per heavy atom. The first-order chi connectivity index (χ1) is 18.9. The lowest BCUT2D eigenvalue weighted by molar-refractivity contribution is -0.134. The summed E-state index contributed by atoms with van der Waals surface area (Å²) in [5, 5.41) is 23.1. The molecule has 10 nitrogen and oxygen atoms in total. The standard InChI is InChI=1S/C28H28N6O4S/c1-3-5-13-24(35)30-28-34-33-26(39-28)14-8-7-11-21-16-17-23(32-31-21)29-25(36)19-20-10-9-12-22(18-20)38-27(37)15-6-4-2/h1-2,9-10,12,16-18H,5-8,11,13-15,19H2,(H,29,32,36)(H,30,34,35). The van der Waals surface area contributed by atoms with E-state index in [4.69, 9.17) is 17.6 Å². The van der Waals surface area contributed by atoms with Crippen molar-refractivity contribution in [2.45, 2.75) is 57.8 Å². The van der Waals surface area contributed by atoms with Gasteiger partial charge in [-0.1, -0.05) is 23.5 Å². The molecule has 0 aliphatic carbocycles. The zero-order valence-electron chi connectivity index (χ0n) is 21.3. The number of nitrogens with one attached hydrogen (secondary N) is 2. The maximum absolute atomic E-state index is 12.4. The molecular formula is C28H28N6O4S. The molecule has 11 heteroatoms. The Labute approximate surface area is 231 Å². The van der Waals surface area contributed by atoms with Crippen molar-refractivity contribution in [1.29, 1.82) is 0 Å². The van der Waals surface area contributed by atoms with Crippen LogP contribution in [-0.4, -0.2) is 38.2 Å². The van der Waals surface area contributed by atoms with Gasteiger partial charge in [0.1, 0.15) is 10.8 Å². The number of aryl methyl sites for hydroxylation is 2. The quantitative estimate of drug-likeness (QED) is 0.136. The third kappa shape index (κ3) is 10.7. The molecule has 2 N–H and O–H groups in total. The van der Waals surface area contributed by atoms with Crippen molar-refractivity contribution < 1.29 is 19.1 Å². The highest BCUT2D eigenvalue weighted by molar-refractivity contribution is 7.15. The molecule has 200 valence electrons. The number of hydrogen-bond acceptors (Lipinski definition) is 9. The van der Waals surface area contributed by atoms with Gasteiger partial charge >= 0.3 is 5.97 Å². The number of nitrogens with zero attached hydrogens (tertiary/aromatic N) is 4. The van der Waals surface area contributed by atoms with Gasteiger partial charge in [-0.2, -0.15) is 5.10 Å². The number of terminal acetylenes is 2. The maximum Gasteiger partial charge on any atom is 0.312 e. The van der Waals surface area contributed by atoms with Crippen LogP contribution in [0.25, 0.3) is 0 Å². The lowest BCUT2D eigenvalue weighted by Crippen LogP contribution is -2.16. The number of esters is 1. The van der Waals surface area contributed by atoms with Gasteiger partial charge in [-0.25, -0.2) is 0 Å². The Bertz CT molecular complexity index is 1360. The van der Waals surface area contributed by atoms with Crippen LogP contribution in [0.4, 0.5) is 10.9 Å². The summed E-state index contributed by atoms with van der Waals surface area (Å²) in [4.78, 5) is 35.9. The minimum atomic E-state index is -0.419. The Kier molecular flexibility index (Phi) is 11.6. The van der Waals surface area contributed by atoms with E-state index in [-0.39, 0.29) is 31.1 Å². The second-order valence-corrected chi connectivity index (χ2v) is 9.48. The van der Waals surface area contributed by atoms with Crippen molar-refractivity contribution in [1.82, 2.24) is 20.4 Å². The Morgan fingerprint density at radius 2 is 1.67 bits per heavy atom. The third-order valence-corrected chi connectivity index (χ3v) is 6.14. The fraction of sp³-hybridized carbons (Fsp3) is 0.321. The zero-order valence-corrected chi connectivity index (χ0v) is 22.1. The molecule has 2 aromatic heterocycles. The zero-order chi connectivity index (χ0) is 27.9. The molecule has 3 aromatic rings. The highest BCUT2D eigenvalue weighted by atomic mass is 32.1. The van der Waals surface area contributed by atoms with Crippen LogP contribution in [0.5, 0.6) is 5.75 Å². The minimum Gasteiger partial charge on any atom is -0.426 e. The van der Waals surface area contributed by atoms with E-state index in [2.05, 4.69) is 42.9 Å². The molecule has 3 rings (SSSR count). The van der Waals surface area contributed by atoms with E-state index in [1.807, 2.05) is 6.07 Å². The van der Waals surface area contributed by atoms with Crippen LogP contribution in [0.1, 0.15) is 54.8 Å². The van der Waals surface area contributed by atoms with Crippen LogP contribution in [-0.2, 0) is 33.6 Å². The molecule has 1 aromatic carbocycles. The average Bonchev–Trinajstić information content (AvgIpc) is 3.36. The van der Waals surface area contributed by atoms with Crippen molar-refractivity contribution in [3.8, 4) is 30.4 Å². The van der Waals surface area contributed by atoms with Crippen molar-refractivity contribution in [2.75, 3.05) is 10.6 Å². The second-order valence-electron chi connectivity index (χ2n) is 8.42. The number of anilines is 2. The number of ether oxygens (including phenoxy) is 1. The molecule has 0 unspecified atom stereocenters. The van der Waals surface area contributed by atoms with Gasteiger partial charge in [0.25, 0.3) is 0 Å².